The van der Waals surface area contributed by atoms with Crippen LogP contribution in [0.1, 0.15) is 0 Å². The van der Waals surface area contributed by atoms with Crippen LogP contribution in [0.3, 0.4) is 0 Å². The topological polar surface area (TPSA) is 168 Å². The molecular formula is C17H21AsNO9S5-3. The maximum absolute atomic E-state index is 10.9. The quantitative estimate of drug-likeness (QED) is 0.0849. The second-order valence-electron chi connectivity index (χ2n) is 5.89. The van der Waals surface area contributed by atoms with Gasteiger partial charge in [0.2, 0.25) is 0 Å². The van der Waals surface area contributed by atoms with Gasteiger partial charge in [0.1, 0.15) is 0 Å². The van der Waals surface area contributed by atoms with Gasteiger partial charge in [0.25, 0.3) is 0 Å². The summed E-state index contributed by atoms with van der Waals surface area (Å²) in [5.74, 6) is 1.18. The van der Waals surface area contributed by atoms with Gasteiger partial charge in [0.15, 0.2) is 0 Å². The van der Waals surface area contributed by atoms with E-state index < -0.39 is 32.6 Å². The summed E-state index contributed by atoms with van der Waals surface area (Å²) in [4.78, 5) is 0. The molecule has 0 radical (unpaired) electrons. The Bertz CT molecular complexity index is 1000. The molecule has 0 fully saturated rings. The molecule has 2 rings (SSSR count). The number of para-hydroxylation sites is 1. The first-order chi connectivity index (χ1) is 15.5. The van der Waals surface area contributed by atoms with Crippen LogP contribution in [-0.4, -0.2) is 67.5 Å². The van der Waals surface area contributed by atoms with Crippen molar-refractivity contribution in [2.75, 3.05) is 34.6 Å². The summed E-state index contributed by atoms with van der Waals surface area (Å²) >= 11 is -0.778. The van der Waals surface area contributed by atoms with Gasteiger partial charge in [-0.3, -0.25) is 0 Å². The Morgan fingerprint density at radius 2 is 1.42 bits per heavy atom. The molecule has 0 heterocycles. The minimum absolute atomic E-state index is 0.274. The molecule has 0 amide bonds. The molecule has 0 spiro atoms. The van der Waals surface area contributed by atoms with Crippen molar-refractivity contribution in [3.63, 3.8) is 0 Å². The Hall–Kier alpha value is -0.452. The van der Waals surface area contributed by atoms with Gasteiger partial charge in [-0.25, -0.2) is 8.42 Å². The minimum atomic E-state index is -4.22. The van der Waals surface area contributed by atoms with Gasteiger partial charge in [-0.1, -0.05) is 0 Å². The Kier molecular flexibility index (Phi) is 15.1. The molecule has 0 aliphatic rings. The Morgan fingerprint density at radius 1 is 0.879 bits per heavy atom. The van der Waals surface area contributed by atoms with Gasteiger partial charge >= 0.3 is 181 Å². The van der Waals surface area contributed by atoms with E-state index in [4.69, 9.17) is 13.0 Å². The first-order valence-corrected chi connectivity index (χ1v) is 20.6. The van der Waals surface area contributed by atoms with Gasteiger partial charge in [-0.2, -0.15) is 0 Å². The molecule has 2 aromatic carbocycles. The van der Waals surface area contributed by atoms with Crippen molar-refractivity contribution in [2.24, 2.45) is 0 Å². The molecule has 10 nitrogen and oxygen atoms in total. The number of benzene rings is 2. The molecule has 0 aliphatic carbocycles. The van der Waals surface area contributed by atoms with Crippen LogP contribution in [0.5, 0.6) is 0 Å². The van der Waals surface area contributed by atoms with E-state index in [2.05, 4.69) is 14.7 Å². The zero-order valence-corrected chi connectivity index (χ0v) is 23.1. The average molecular weight is 619 g/mol. The number of hydrogen-bond donors (Lipinski definition) is 1. The Morgan fingerprint density at radius 3 is 1.97 bits per heavy atom. The molecule has 0 saturated heterocycles. The van der Waals surface area contributed by atoms with Crippen molar-refractivity contribution in [3.8, 4) is 0 Å². The van der Waals surface area contributed by atoms with Gasteiger partial charge in [-0.15, -0.1) is 0 Å². The van der Waals surface area contributed by atoms with Crippen LogP contribution in [0.25, 0.3) is 0 Å². The SMILES string of the molecule is CS(=O)(=O)[O-].O=S(=O)([O-])CCS[As](SCCSOO[O-])c1ccc(Nc2ccccc2)cc1. The van der Waals surface area contributed by atoms with E-state index in [-0.39, 0.29) is 11.5 Å². The predicted octanol–water partition coefficient (Wildman–Crippen LogP) is 1.17. The molecule has 1 atom stereocenters. The van der Waals surface area contributed by atoms with Crippen LogP contribution in [0, 0.1) is 0 Å². The molecule has 0 aromatic heterocycles. The number of hydrogen-bond acceptors (Lipinski definition) is 13. The number of nitrogens with one attached hydrogen (secondary N) is 1. The maximum atomic E-state index is 10.9. The molecule has 0 saturated carbocycles. The molecule has 33 heavy (non-hydrogen) atoms. The van der Waals surface area contributed by atoms with E-state index in [9.17, 15) is 18.2 Å². The molecule has 2 aromatic rings. The fraction of sp³-hybridized carbons (Fsp3) is 0.294. The van der Waals surface area contributed by atoms with Crippen molar-refractivity contribution in [1.29, 1.82) is 0 Å². The molecule has 1 N–H and O–H groups in total. The predicted molar refractivity (Wildman–Crippen MR) is 131 cm³/mol. The van der Waals surface area contributed by atoms with Crippen LogP contribution in [0.15, 0.2) is 54.6 Å². The summed E-state index contributed by atoms with van der Waals surface area (Å²) in [7, 11) is -4.87. The van der Waals surface area contributed by atoms with Gasteiger partial charge < -0.3 is 4.55 Å². The molecule has 0 bridgehead atoms. The second kappa shape index (κ2) is 16.3. The molecule has 1 unspecified atom stereocenters. The van der Waals surface area contributed by atoms with Crippen LogP contribution in [0.2, 0.25) is 0 Å². The summed E-state index contributed by atoms with van der Waals surface area (Å²) in [5, 5.41) is 16.4. The number of rotatable bonds is 13. The van der Waals surface area contributed by atoms with Crippen LogP contribution in [0.4, 0.5) is 11.4 Å². The molecule has 0 aliphatic heterocycles. The summed E-state index contributed by atoms with van der Waals surface area (Å²) in [6, 6.07) is 17.8. The monoisotopic (exact) mass is 618 g/mol. The molecule has 16 heteroatoms. The summed E-state index contributed by atoms with van der Waals surface area (Å²) in [5.41, 5.74) is 1.95. The van der Waals surface area contributed by atoms with E-state index >= 15 is 0 Å². The molecular weight excluding hydrogens is 597 g/mol. The van der Waals surface area contributed by atoms with E-state index in [1.165, 1.54) is 0 Å². The van der Waals surface area contributed by atoms with E-state index in [1.807, 2.05) is 54.6 Å². The van der Waals surface area contributed by atoms with Crippen LogP contribution in [-0.2, 0) is 29.6 Å². The van der Waals surface area contributed by atoms with Crippen molar-refractivity contribution in [3.05, 3.63) is 54.6 Å². The fourth-order valence-electron chi connectivity index (χ4n) is 1.97. The van der Waals surface area contributed by atoms with Crippen molar-refractivity contribution in [2.45, 2.75) is 0 Å². The summed E-state index contributed by atoms with van der Waals surface area (Å²) in [6.07, 6.45) is 0.604. The molecule has 186 valence electrons. The standard InChI is InChI=1S/C16H20AsNO6S4.CH4O3S/c19-23-24-27-11-10-25-17(26-12-13-28(20,21)22)14-6-8-16(9-7-14)18-15-4-2-1-3-5-15;1-5(2,3)4/h1-9,18-19H,10-13H2,(H,20,21,22);1H3,(H,2,3,4)/p-3. The third-order valence-corrected chi connectivity index (χ3v) is 18.4. The van der Waals surface area contributed by atoms with Crippen molar-refractivity contribution in [1.82, 2.24) is 0 Å². The van der Waals surface area contributed by atoms with E-state index in [0.717, 1.165) is 33.5 Å². The van der Waals surface area contributed by atoms with Gasteiger partial charge in [0.05, 0.1) is 10.1 Å². The fourth-order valence-corrected chi connectivity index (χ4v) is 17.3. The Labute approximate surface area is 209 Å². The van der Waals surface area contributed by atoms with E-state index in [0.29, 0.717) is 12.0 Å². The van der Waals surface area contributed by atoms with Gasteiger partial charge in [0, 0.05) is 6.26 Å². The average Bonchev–Trinajstić information content (AvgIpc) is 2.72. The van der Waals surface area contributed by atoms with Gasteiger partial charge in [-0.05, 0) is 0 Å². The van der Waals surface area contributed by atoms with E-state index in [1.54, 1.807) is 20.0 Å². The first kappa shape index (κ1) is 30.6. The third-order valence-electron chi connectivity index (χ3n) is 3.13. The van der Waals surface area contributed by atoms with Crippen LogP contribution < -0.4 is 14.9 Å². The zero-order valence-electron chi connectivity index (χ0n) is 17.2. The second-order valence-corrected chi connectivity index (χ2v) is 21.3. The first-order valence-electron chi connectivity index (χ1n) is 8.88. The zero-order chi connectivity index (χ0) is 24.7. The summed E-state index contributed by atoms with van der Waals surface area (Å²) in [6.45, 7) is 0. The van der Waals surface area contributed by atoms with Crippen LogP contribution >= 0.6 is 32.1 Å². The Balaban J connectivity index is 0.000000981. The van der Waals surface area contributed by atoms with Crippen molar-refractivity contribution < 1.29 is 40.6 Å². The summed E-state index contributed by atoms with van der Waals surface area (Å²) < 4.78 is 65.2. The third kappa shape index (κ3) is 17.6. The normalized spacial score (nSPS) is 12.5. The number of anilines is 2. The van der Waals surface area contributed by atoms with Crippen molar-refractivity contribution >= 4 is 80.4 Å².